The Morgan fingerprint density at radius 3 is 2.44 bits per heavy atom. The van der Waals surface area contributed by atoms with Gasteiger partial charge in [0.05, 0.1) is 0 Å². The standard InChI is InChI=1S/C13H29NO2Si2/c1-6-8-10-14(13(15)7-2)11-9-12-17-16-18(3,4)5/h7H,2,6,8-12,17H2,1,3-5H3. The summed E-state index contributed by atoms with van der Waals surface area (Å²) in [6.07, 6.45) is 4.68. The first-order valence-corrected chi connectivity index (χ1v) is 11.9. The van der Waals surface area contributed by atoms with Crippen molar-refractivity contribution in [2.24, 2.45) is 0 Å². The lowest BCUT2D eigenvalue weighted by Gasteiger charge is -2.21. The Kier molecular flexibility index (Phi) is 9.31. The van der Waals surface area contributed by atoms with Crippen LogP contribution in [0.2, 0.25) is 25.7 Å². The second kappa shape index (κ2) is 9.52. The number of rotatable bonds is 10. The van der Waals surface area contributed by atoms with Crippen molar-refractivity contribution in [2.45, 2.75) is 51.9 Å². The average Bonchev–Trinajstić information content (AvgIpc) is 2.30. The maximum absolute atomic E-state index is 11.6. The van der Waals surface area contributed by atoms with E-state index in [0.29, 0.717) is 0 Å². The third-order valence-electron chi connectivity index (χ3n) is 2.63. The summed E-state index contributed by atoms with van der Waals surface area (Å²) in [4.78, 5) is 13.6. The van der Waals surface area contributed by atoms with E-state index in [1.165, 1.54) is 6.08 Å². The molecule has 18 heavy (non-hydrogen) atoms. The van der Waals surface area contributed by atoms with Gasteiger partial charge in [-0.15, -0.1) is 0 Å². The summed E-state index contributed by atoms with van der Waals surface area (Å²) in [5, 5.41) is 0. The summed E-state index contributed by atoms with van der Waals surface area (Å²) in [6, 6.07) is 1.16. The summed E-state index contributed by atoms with van der Waals surface area (Å²) < 4.78 is 5.93. The molecule has 0 aliphatic heterocycles. The molecule has 0 fully saturated rings. The minimum absolute atomic E-state index is 0.0660. The fourth-order valence-electron chi connectivity index (χ4n) is 1.59. The number of amides is 1. The van der Waals surface area contributed by atoms with Crippen molar-refractivity contribution in [3.8, 4) is 0 Å². The highest BCUT2D eigenvalue weighted by Gasteiger charge is 2.13. The molecule has 0 heterocycles. The van der Waals surface area contributed by atoms with E-state index >= 15 is 0 Å². The van der Waals surface area contributed by atoms with E-state index in [0.717, 1.165) is 38.4 Å². The topological polar surface area (TPSA) is 29.5 Å². The molecule has 0 aliphatic carbocycles. The van der Waals surface area contributed by atoms with E-state index in [1.54, 1.807) is 0 Å². The van der Waals surface area contributed by atoms with Crippen LogP contribution in [-0.4, -0.2) is 42.0 Å². The quantitative estimate of drug-likeness (QED) is 0.351. The molecule has 106 valence electrons. The summed E-state index contributed by atoms with van der Waals surface area (Å²) >= 11 is 0. The minimum Gasteiger partial charge on any atom is -0.461 e. The fraction of sp³-hybridized carbons (Fsp3) is 0.769. The van der Waals surface area contributed by atoms with Gasteiger partial charge in [0.15, 0.2) is 8.32 Å². The third-order valence-corrected chi connectivity index (χ3v) is 7.69. The molecule has 0 radical (unpaired) electrons. The van der Waals surface area contributed by atoms with Crippen LogP contribution in [0.5, 0.6) is 0 Å². The number of carbonyl (C=O) groups excluding carboxylic acids is 1. The molecular weight excluding hydrogens is 258 g/mol. The van der Waals surface area contributed by atoms with Crippen LogP contribution in [0.4, 0.5) is 0 Å². The van der Waals surface area contributed by atoms with Gasteiger partial charge in [0, 0.05) is 13.1 Å². The van der Waals surface area contributed by atoms with Gasteiger partial charge in [-0.2, -0.15) is 0 Å². The van der Waals surface area contributed by atoms with Gasteiger partial charge in [-0.05, 0) is 44.6 Å². The molecular formula is C13H29NO2Si2. The second-order valence-corrected chi connectivity index (χ2v) is 12.0. The molecule has 0 aromatic heterocycles. The molecule has 0 N–H and O–H groups in total. The second-order valence-electron chi connectivity index (χ2n) is 5.55. The number of unbranched alkanes of at least 4 members (excludes halogenated alkanes) is 1. The van der Waals surface area contributed by atoms with E-state index in [1.807, 2.05) is 4.90 Å². The first-order valence-electron chi connectivity index (χ1n) is 6.96. The van der Waals surface area contributed by atoms with Crippen LogP contribution in [-0.2, 0) is 8.91 Å². The summed E-state index contributed by atoms with van der Waals surface area (Å²) in [7, 11) is -1.71. The molecule has 0 rings (SSSR count). The summed E-state index contributed by atoms with van der Waals surface area (Å²) in [5.74, 6) is 0.0660. The van der Waals surface area contributed by atoms with Gasteiger partial charge in [-0.1, -0.05) is 19.9 Å². The molecule has 0 atom stereocenters. The third kappa shape index (κ3) is 9.62. The van der Waals surface area contributed by atoms with Crippen LogP contribution < -0.4 is 0 Å². The molecule has 3 nitrogen and oxygen atoms in total. The van der Waals surface area contributed by atoms with E-state index in [9.17, 15) is 4.79 Å². The zero-order valence-electron chi connectivity index (χ0n) is 12.5. The SMILES string of the molecule is C=CC(=O)N(CCCC)CCC[SiH2]O[Si](C)(C)C. The Hall–Kier alpha value is -0.396. The fourth-order valence-corrected chi connectivity index (χ4v) is 5.05. The Balaban J connectivity index is 3.82. The largest absolute Gasteiger partial charge is 0.461 e. The van der Waals surface area contributed by atoms with Crippen molar-refractivity contribution in [3.05, 3.63) is 12.7 Å². The van der Waals surface area contributed by atoms with Crippen LogP contribution in [0.15, 0.2) is 12.7 Å². The minimum atomic E-state index is -1.32. The number of carbonyl (C=O) groups is 1. The average molecular weight is 288 g/mol. The van der Waals surface area contributed by atoms with Gasteiger partial charge < -0.3 is 9.02 Å². The highest BCUT2D eigenvalue weighted by Crippen LogP contribution is 2.05. The van der Waals surface area contributed by atoms with Crippen molar-refractivity contribution in [3.63, 3.8) is 0 Å². The zero-order valence-corrected chi connectivity index (χ0v) is 14.9. The first kappa shape index (κ1) is 17.6. The monoisotopic (exact) mass is 287 g/mol. The molecule has 0 aromatic carbocycles. The number of hydrogen-bond donors (Lipinski definition) is 0. The van der Waals surface area contributed by atoms with E-state index in [2.05, 4.69) is 33.1 Å². The van der Waals surface area contributed by atoms with Crippen LogP contribution in [0, 0.1) is 0 Å². The lowest BCUT2D eigenvalue weighted by atomic mass is 10.3. The smallest absolute Gasteiger partial charge is 0.245 e. The highest BCUT2D eigenvalue weighted by atomic mass is 28.4. The predicted molar refractivity (Wildman–Crippen MR) is 84.1 cm³/mol. The van der Waals surface area contributed by atoms with Crippen molar-refractivity contribution < 1.29 is 8.91 Å². The zero-order chi connectivity index (χ0) is 14.0. The molecule has 0 bridgehead atoms. The Morgan fingerprint density at radius 2 is 1.94 bits per heavy atom. The van der Waals surface area contributed by atoms with E-state index in [-0.39, 0.29) is 15.7 Å². The molecule has 0 aromatic rings. The molecule has 0 saturated carbocycles. The lowest BCUT2D eigenvalue weighted by molar-refractivity contribution is -0.126. The molecule has 1 amide bonds. The van der Waals surface area contributed by atoms with Crippen LogP contribution in [0.3, 0.4) is 0 Å². The van der Waals surface area contributed by atoms with Crippen molar-refractivity contribution in [1.29, 1.82) is 0 Å². The summed E-state index contributed by atoms with van der Waals surface area (Å²) in [6.45, 7) is 14.1. The molecule has 0 spiro atoms. The summed E-state index contributed by atoms with van der Waals surface area (Å²) in [5.41, 5.74) is 0. The van der Waals surface area contributed by atoms with E-state index < -0.39 is 8.32 Å². The van der Waals surface area contributed by atoms with Gasteiger partial charge >= 0.3 is 0 Å². The normalized spacial score (nSPS) is 12.0. The number of hydrogen-bond acceptors (Lipinski definition) is 2. The molecule has 0 saturated heterocycles. The van der Waals surface area contributed by atoms with Crippen LogP contribution >= 0.6 is 0 Å². The molecule has 5 heteroatoms. The van der Waals surface area contributed by atoms with Gasteiger partial charge in [0.25, 0.3) is 0 Å². The van der Waals surface area contributed by atoms with Crippen molar-refractivity contribution in [2.75, 3.05) is 13.1 Å². The molecule has 0 unspecified atom stereocenters. The highest BCUT2D eigenvalue weighted by molar-refractivity contribution is 6.73. The maximum Gasteiger partial charge on any atom is 0.245 e. The van der Waals surface area contributed by atoms with Gasteiger partial charge in [0.1, 0.15) is 9.76 Å². The Bertz CT molecular complexity index is 252. The van der Waals surface area contributed by atoms with Crippen molar-refractivity contribution in [1.82, 2.24) is 4.90 Å². The maximum atomic E-state index is 11.6. The number of nitrogens with zero attached hydrogens (tertiary/aromatic N) is 1. The predicted octanol–water partition coefficient (Wildman–Crippen LogP) is 2.54. The van der Waals surface area contributed by atoms with Gasteiger partial charge in [-0.25, -0.2) is 0 Å². The molecule has 0 aliphatic rings. The van der Waals surface area contributed by atoms with E-state index in [4.69, 9.17) is 4.12 Å². The van der Waals surface area contributed by atoms with Gasteiger partial charge in [-0.3, -0.25) is 4.79 Å². The first-order chi connectivity index (χ1) is 8.40. The lowest BCUT2D eigenvalue weighted by Crippen LogP contribution is -2.32. The van der Waals surface area contributed by atoms with Gasteiger partial charge in [0.2, 0.25) is 5.91 Å². The van der Waals surface area contributed by atoms with Crippen molar-refractivity contribution >= 4 is 24.0 Å². The van der Waals surface area contributed by atoms with Crippen LogP contribution in [0.1, 0.15) is 26.2 Å². The Labute approximate surface area is 116 Å². The van der Waals surface area contributed by atoms with Crippen LogP contribution in [0.25, 0.3) is 0 Å². The Morgan fingerprint density at radius 1 is 1.33 bits per heavy atom.